The Morgan fingerprint density at radius 2 is 1.44 bits per heavy atom. The predicted octanol–water partition coefficient (Wildman–Crippen LogP) is 2.18. The molecule has 0 atom stereocenters. The summed E-state index contributed by atoms with van der Waals surface area (Å²) in [6.45, 7) is 0. The van der Waals surface area contributed by atoms with E-state index in [0.29, 0.717) is 10.4 Å². The lowest BCUT2D eigenvalue weighted by Gasteiger charge is -2.22. The highest BCUT2D eigenvalue weighted by Gasteiger charge is 2.38. The van der Waals surface area contributed by atoms with E-state index in [1.807, 2.05) is 0 Å². The summed E-state index contributed by atoms with van der Waals surface area (Å²) in [5.74, 6) is 0. The van der Waals surface area contributed by atoms with E-state index in [9.17, 15) is 30.0 Å². The largest absolute Gasteiger partial charge is 0.417 e. The molecule has 11 heteroatoms. The molecule has 0 unspecified atom stereocenters. The van der Waals surface area contributed by atoms with Crippen LogP contribution < -0.4 is 9.44 Å². The second kappa shape index (κ2) is 6.32. The zero-order valence-corrected chi connectivity index (χ0v) is 14.4. The third kappa shape index (κ3) is 3.94. The molecule has 136 valence electrons. The molecule has 0 heterocycles. The van der Waals surface area contributed by atoms with Crippen LogP contribution in [0.2, 0.25) is 0 Å². The number of hydrogen-bond donors (Lipinski definition) is 1. The molecule has 0 fully saturated rings. The summed E-state index contributed by atoms with van der Waals surface area (Å²) in [6.07, 6.45) is -4.85. The van der Waals surface area contributed by atoms with Gasteiger partial charge in [0.1, 0.15) is 0 Å². The monoisotopic (exact) mass is 394 g/mol. The summed E-state index contributed by atoms with van der Waals surface area (Å²) in [5, 5.41) is 4.94. The van der Waals surface area contributed by atoms with Gasteiger partial charge in [-0.3, -0.25) is 4.31 Å². The Bertz CT molecular complexity index is 985. The number of nitrogens with two attached hydrogens (primary N) is 1. The average Bonchev–Trinajstić information content (AvgIpc) is 2.52. The van der Waals surface area contributed by atoms with Gasteiger partial charge in [-0.1, -0.05) is 12.1 Å². The van der Waals surface area contributed by atoms with Crippen molar-refractivity contribution in [3.63, 3.8) is 0 Å². The summed E-state index contributed by atoms with van der Waals surface area (Å²) in [7, 11) is -7.43. The maximum absolute atomic E-state index is 13.1. The first-order valence-electron chi connectivity index (χ1n) is 6.63. The Hall–Kier alpha value is -2.11. The Morgan fingerprint density at radius 3 is 1.92 bits per heavy atom. The summed E-state index contributed by atoms with van der Waals surface area (Å²) in [5.41, 5.74) is -1.31. The first kappa shape index (κ1) is 19.2. The SMILES string of the molecule is CN(c1ccc(S(N)(=O)=O)cc1)S(=O)(=O)c1ccccc1C(F)(F)F. The van der Waals surface area contributed by atoms with E-state index in [0.717, 1.165) is 43.4 Å². The predicted molar refractivity (Wildman–Crippen MR) is 84.8 cm³/mol. The summed E-state index contributed by atoms with van der Waals surface area (Å²) < 4.78 is 87.4. The zero-order valence-electron chi connectivity index (χ0n) is 12.7. The maximum Gasteiger partial charge on any atom is 0.417 e. The van der Waals surface area contributed by atoms with E-state index in [2.05, 4.69) is 0 Å². The van der Waals surface area contributed by atoms with E-state index in [1.165, 1.54) is 6.07 Å². The smallest absolute Gasteiger partial charge is 0.269 e. The molecular weight excluding hydrogens is 381 g/mol. The number of sulfonamides is 2. The molecular formula is C14H13F3N2O4S2. The van der Waals surface area contributed by atoms with Crippen LogP contribution in [0.1, 0.15) is 5.56 Å². The van der Waals surface area contributed by atoms with E-state index in [1.54, 1.807) is 0 Å². The van der Waals surface area contributed by atoms with E-state index >= 15 is 0 Å². The van der Waals surface area contributed by atoms with Crippen molar-refractivity contribution in [2.75, 3.05) is 11.4 Å². The number of alkyl halides is 3. The lowest BCUT2D eigenvalue weighted by atomic mass is 10.2. The summed E-state index contributed by atoms with van der Waals surface area (Å²) >= 11 is 0. The molecule has 2 aromatic carbocycles. The molecule has 0 radical (unpaired) electrons. The minimum Gasteiger partial charge on any atom is -0.269 e. The summed E-state index contributed by atoms with van der Waals surface area (Å²) in [6, 6.07) is 8.18. The summed E-state index contributed by atoms with van der Waals surface area (Å²) in [4.78, 5) is -1.15. The molecule has 0 saturated heterocycles. The molecule has 2 rings (SSSR count). The Balaban J connectivity index is 2.51. The highest BCUT2D eigenvalue weighted by atomic mass is 32.2. The van der Waals surface area contributed by atoms with Gasteiger partial charge < -0.3 is 0 Å². The molecule has 0 bridgehead atoms. The van der Waals surface area contributed by atoms with Crippen LogP contribution in [-0.4, -0.2) is 23.9 Å². The normalized spacial score (nSPS) is 12.8. The van der Waals surface area contributed by atoms with Gasteiger partial charge in [-0.15, -0.1) is 0 Å². The first-order valence-corrected chi connectivity index (χ1v) is 9.62. The third-order valence-corrected chi connectivity index (χ3v) is 6.13. The van der Waals surface area contributed by atoms with Crippen molar-refractivity contribution in [3.05, 3.63) is 54.1 Å². The van der Waals surface area contributed by atoms with Gasteiger partial charge in [0.2, 0.25) is 10.0 Å². The van der Waals surface area contributed by atoms with Crippen LogP contribution in [0.25, 0.3) is 0 Å². The fraction of sp³-hybridized carbons (Fsp3) is 0.143. The molecule has 2 N–H and O–H groups in total. The van der Waals surface area contributed by atoms with Gasteiger partial charge in [-0.2, -0.15) is 13.2 Å². The van der Waals surface area contributed by atoms with Crippen molar-refractivity contribution in [2.45, 2.75) is 16.0 Å². The van der Waals surface area contributed by atoms with Crippen molar-refractivity contribution in [1.82, 2.24) is 0 Å². The average molecular weight is 394 g/mol. The van der Waals surface area contributed by atoms with Crippen LogP contribution >= 0.6 is 0 Å². The van der Waals surface area contributed by atoms with Gasteiger partial charge in [-0.05, 0) is 36.4 Å². The molecule has 0 aliphatic carbocycles. The van der Waals surface area contributed by atoms with Crippen molar-refractivity contribution < 1.29 is 30.0 Å². The highest BCUT2D eigenvalue weighted by Crippen LogP contribution is 2.35. The third-order valence-electron chi connectivity index (χ3n) is 3.36. The molecule has 25 heavy (non-hydrogen) atoms. The maximum atomic E-state index is 13.1. The van der Waals surface area contributed by atoms with Crippen LogP contribution in [0.3, 0.4) is 0 Å². The fourth-order valence-electron chi connectivity index (χ4n) is 2.06. The fourth-order valence-corrected chi connectivity index (χ4v) is 3.98. The quantitative estimate of drug-likeness (QED) is 0.859. The Kier molecular flexibility index (Phi) is 4.86. The standard InChI is InChI=1S/C14H13F3N2O4S2/c1-19(10-6-8-11(9-7-10)24(18,20)21)25(22,23)13-5-3-2-4-12(13)14(15,16)17/h2-9H,1H3,(H2,18,20,21). The van der Waals surface area contributed by atoms with Gasteiger partial charge in [0.25, 0.3) is 10.0 Å². The van der Waals surface area contributed by atoms with Gasteiger partial charge >= 0.3 is 6.18 Å². The van der Waals surface area contributed by atoms with E-state index in [4.69, 9.17) is 5.14 Å². The number of primary sulfonamides is 1. The van der Waals surface area contributed by atoms with Gasteiger partial charge in [0.15, 0.2) is 0 Å². The number of halogens is 3. The molecule has 6 nitrogen and oxygen atoms in total. The molecule has 0 aliphatic rings. The molecule has 0 amide bonds. The van der Waals surface area contributed by atoms with Crippen LogP contribution in [0.4, 0.5) is 18.9 Å². The lowest BCUT2D eigenvalue weighted by Crippen LogP contribution is -2.28. The zero-order chi connectivity index (χ0) is 19.0. The minimum atomic E-state index is -4.85. The van der Waals surface area contributed by atoms with Crippen LogP contribution in [0.5, 0.6) is 0 Å². The van der Waals surface area contributed by atoms with E-state index in [-0.39, 0.29) is 10.6 Å². The van der Waals surface area contributed by atoms with Crippen molar-refractivity contribution in [2.24, 2.45) is 5.14 Å². The van der Waals surface area contributed by atoms with Gasteiger partial charge in [0, 0.05) is 7.05 Å². The topological polar surface area (TPSA) is 97.5 Å². The van der Waals surface area contributed by atoms with Crippen molar-refractivity contribution >= 4 is 25.7 Å². The minimum absolute atomic E-state index is 0.0237. The number of hydrogen-bond acceptors (Lipinski definition) is 4. The Labute approximate surface area is 142 Å². The van der Waals surface area contributed by atoms with Gasteiger partial charge in [-0.25, -0.2) is 22.0 Å². The Morgan fingerprint density at radius 1 is 0.920 bits per heavy atom. The van der Waals surface area contributed by atoms with E-state index < -0.39 is 36.7 Å². The second-order valence-corrected chi connectivity index (χ2v) is 8.50. The number of nitrogens with zero attached hydrogens (tertiary/aromatic N) is 1. The number of anilines is 1. The molecule has 0 aromatic heterocycles. The van der Waals surface area contributed by atoms with Crippen LogP contribution in [0, 0.1) is 0 Å². The van der Waals surface area contributed by atoms with Crippen LogP contribution in [0.15, 0.2) is 58.3 Å². The lowest BCUT2D eigenvalue weighted by molar-refractivity contribution is -0.139. The van der Waals surface area contributed by atoms with Gasteiger partial charge in [0.05, 0.1) is 21.0 Å². The van der Waals surface area contributed by atoms with Crippen molar-refractivity contribution in [1.29, 1.82) is 0 Å². The molecule has 2 aromatic rings. The van der Waals surface area contributed by atoms with Crippen LogP contribution in [-0.2, 0) is 26.2 Å². The molecule has 0 spiro atoms. The van der Waals surface area contributed by atoms with Crippen molar-refractivity contribution in [3.8, 4) is 0 Å². The number of benzene rings is 2. The molecule has 0 aliphatic heterocycles. The number of rotatable bonds is 4. The first-order chi connectivity index (χ1) is 11.3. The second-order valence-electron chi connectivity index (χ2n) is 5.01. The highest BCUT2D eigenvalue weighted by molar-refractivity contribution is 7.92. The molecule has 0 saturated carbocycles.